The highest BCUT2D eigenvalue weighted by atomic mass is 19.1. The fourth-order valence-electron chi connectivity index (χ4n) is 5.23. The lowest BCUT2D eigenvalue weighted by atomic mass is 10.0. The molecule has 5 rings (SSSR count). The normalized spacial score (nSPS) is 31.5. The number of urea groups is 2. The average Bonchev–Trinajstić information content (AvgIpc) is 3.56. The molecule has 1 aromatic carbocycles. The zero-order valence-electron chi connectivity index (χ0n) is 18.5. The van der Waals surface area contributed by atoms with E-state index in [2.05, 4.69) is 5.32 Å². The number of hydrogen-bond acceptors (Lipinski definition) is 4. The van der Waals surface area contributed by atoms with E-state index >= 15 is 0 Å². The summed E-state index contributed by atoms with van der Waals surface area (Å²) >= 11 is 0. The number of halogens is 1. The Balaban J connectivity index is 1.20. The number of imide groups is 1. The van der Waals surface area contributed by atoms with Crippen LogP contribution < -0.4 is 5.32 Å². The van der Waals surface area contributed by atoms with E-state index in [1.165, 1.54) is 21.6 Å². The molecule has 1 aromatic rings. The molecule has 1 aliphatic carbocycles. The maximum atomic E-state index is 14.5. The van der Waals surface area contributed by atoms with Crippen LogP contribution in [0.1, 0.15) is 31.2 Å². The van der Waals surface area contributed by atoms with Gasteiger partial charge in [-0.3, -0.25) is 14.5 Å². The molecule has 0 spiro atoms. The average molecular weight is 458 g/mol. The Hall–Kier alpha value is -3.17. The highest BCUT2D eigenvalue weighted by Crippen LogP contribution is 2.46. The number of piperazine rings is 1. The molecule has 4 aliphatic rings. The van der Waals surface area contributed by atoms with Gasteiger partial charge in [-0.05, 0) is 18.4 Å². The molecule has 9 nitrogen and oxygen atoms in total. The highest BCUT2D eigenvalue weighted by Gasteiger charge is 2.56. The number of carbonyl (C=O) groups excluding carboxylic acids is 4. The summed E-state index contributed by atoms with van der Waals surface area (Å²) < 4.78 is 14.5. The minimum Gasteiger partial charge on any atom is -0.340 e. The van der Waals surface area contributed by atoms with E-state index in [4.69, 9.17) is 0 Å². The predicted molar refractivity (Wildman–Crippen MR) is 116 cm³/mol. The van der Waals surface area contributed by atoms with Crippen molar-refractivity contribution in [1.29, 1.82) is 0 Å². The number of hydrogen-bond donors (Lipinski definition) is 1. The number of carbonyl (C=O) groups is 4. The molecule has 3 aliphatic heterocycles. The van der Waals surface area contributed by atoms with Crippen molar-refractivity contribution in [2.45, 2.75) is 50.0 Å². The largest absolute Gasteiger partial charge is 0.340 e. The Bertz CT molecular complexity index is 975. The molecule has 4 fully saturated rings. The van der Waals surface area contributed by atoms with Gasteiger partial charge >= 0.3 is 12.1 Å². The topological polar surface area (TPSA) is 93.3 Å². The summed E-state index contributed by atoms with van der Waals surface area (Å²) in [6.45, 7) is 2.40. The van der Waals surface area contributed by atoms with Crippen molar-refractivity contribution in [3.63, 3.8) is 0 Å². The number of piperidine rings is 1. The molecule has 0 bridgehead atoms. The van der Waals surface area contributed by atoms with Crippen LogP contribution >= 0.6 is 0 Å². The molecule has 0 aromatic heterocycles. The first-order chi connectivity index (χ1) is 15.8. The van der Waals surface area contributed by atoms with Crippen LogP contribution in [0.25, 0.3) is 0 Å². The molecule has 0 unspecified atom stereocenters. The van der Waals surface area contributed by atoms with Crippen LogP contribution in [0.2, 0.25) is 0 Å². The van der Waals surface area contributed by atoms with E-state index in [0.29, 0.717) is 13.0 Å². The second-order valence-electron chi connectivity index (χ2n) is 9.29. The molecule has 6 amide bonds. The van der Waals surface area contributed by atoms with Crippen LogP contribution in [-0.2, 0) is 9.59 Å². The molecule has 33 heavy (non-hydrogen) atoms. The van der Waals surface area contributed by atoms with Crippen molar-refractivity contribution >= 4 is 23.9 Å². The fraction of sp³-hybridized carbons (Fsp3) is 0.565. The molecule has 0 radical (unpaired) electrons. The lowest BCUT2D eigenvalue weighted by molar-refractivity contribution is -0.131. The molecule has 3 heterocycles. The smallest absolute Gasteiger partial charge is 0.327 e. The van der Waals surface area contributed by atoms with E-state index in [-0.39, 0.29) is 56.0 Å². The maximum Gasteiger partial charge on any atom is 0.327 e. The summed E-state index contributed by atoms with van der Waals surface area (Å²) in [6.07, 6.45) is -0.255. The van der Waals surface area contributed by atoms with Crippen LogP contribution in [0.4, 0.5) is 14.0 Å². The summed E-state index contributed by atoms with van der Waals surface area (Å²) in [7, 11) is 0. The second kappa shape index (κ2) is 8.31. The van der Waals surface area contributed by atoms with Crippen LogP contribution in [0, 0.1) is 0 Å². The molecule has 5 atom stereocenters. The number of rotatable bonds is 3. The number of fused-ring (bicyclic) bond motifs is 1. The summed E-state index contributed by atoms with van der Waals surface area (Å²) in [5.74, 6) is -0.293. The number of nitrogens with one attached hydrogen (secondary N) is 1. The van der Waals surface area contributed by atoms with Gasteiger partial charge in [-0.15, -0.1) is 0 Å². The summed E-state index contributed by atoms with van der Waals surface area (Å²) in [4.78, 5) is 56.2. The number of likely N-dealkylation sites (tertiary alicyclic amines) is 1. The van der Waals surface area contributed by atoms with Gasteiger partial charge in [-0.25, -0.2) is 14.0 Å². The highest BCUT2D eigenvalue weighted by molar-refractivity contribution is 6.05. The number of alkyl halides is 1. The lowest BCUT2D eigenvalue weighted by Crippen LogP contribution is -2.60. The molecule has 3 saturated heterocycles. The van der Waals surface area contributed by atoms with Gasteiger partial charge in [0.2, 0.25) is 5.91 Å². The molecular formula is C23H28FN5O4. The Kier molecular flexibility index (Phi) is 5.46. The van der Waals surface area contributed by atoms with Crippen molar-refractivity contribution in [1.82, 2.24) is 24.9 Å². The van der Waals surface area contributed by atoms with Gasteiger partial charge in [0.25, 0.3) is 5.91 Å². The van der Waals surface area contributed by atoms with Gasteiger partial charge in [0.05, 0.1) is 19.1 Å². The molecule has 176 valence electrons. The van der Waals surface area contributed by atoms with Crippen LogP contribution in [0.3, 0.4) is 0 Å². The van der Waals surface area contributed by atoms with Crippen LogP contribution in [0.15, 0.2) is 30.3 Å². The first-order valence-corrected chi connectivity index (χ1v) is 11.5. The Morgan fingerprint density at radius 1 is 1.03 bits per heavy atom. The van der Waals surface area contributed by atoms with Crippen molar-refractivity contribution in [2.24, 2.45) is 0 Å². The van der Waals surface area contributed by atoms with E-state index in [9.17, 15) is 23.6 Å². The third-order valence-corrected chi connectivity index (χ3v) is 7.25. The van der Waals surface area contributed by atoms with Gasteiger partial charge < -0.3 is 20.0 Å². The van der Waals surface area contributed by atoms with Crippen molar-refractivity contribution in [2.75, 3.05) is 32.7 Å². The third kappa shape index (κ3) is 3.91. The van der Waals surface area contributed by atoms with Crippen molar-refractivity contribution < 1.29 is 23.6 Å². The number of nitrogens with zero attached hydrogens (tertiary/aromatic N) is 4. The zero-order valence-corrected chi connectivity index (χ0v) is 18.5. The summed E-state index contributed by atoms with van der Waals surface area (Å²) in [5, 5.41) is 2.72. The SMILES string of the molecule is CC(=O)N1CC[C@@H](NC(=O)N2CCN3C(=O)N([C@H]4C[C@@H]4c4ccccc4)C(=O)[C@@H]3C2)[C@H](F)C1. The number of amides is 6. The van der Waals surface area contributed by atoms with Crippen molar-refractivity contribution in [3.8, 4) is 0 Å². The lowest BCUT2D eigenvalue weighted by Gasteiger charge is -2.38. The van der Waals surface area contributed by atoms with E-state index in [1.807, 2.05) is 30.3 Å². The first kappa shape index (κ1) is 21.7. The maximum absolute atomic E-state index is 14.5. The summed E-state index contributed by atoms with van der Waals surface area (Å²) in [5.41, 5.74) is 1.12. The Labute approximate surface area is 191 Å². The Morgan fingerprint density at radius 2 is 1.79 bits per heavy atom. The Morgan fingerprint density at radius 3 is 2.48 bits per heavy atom. The van der Waals surface area contributed by atoms with Gasteiger partial charge in [-0.1, -0.05) is 30.3 Å². The fourth-order valence-corrected chi connectivity index (χ4v) is 5.23. The standard InChI is InChI=1S/C23H28FN5O4/c1-14(30)26-8-7-18(17(24)12-26)25-22(32)27-9-10-28-20(13-27)21(31)29(23(28)33)19-11-16(19)15-5-3-2-4-6-15/h2-6,16-20H,7-13H2,1H3,(H,25,32)/t16-,17-,18-,19+,20+/m1/s1. The molecule has 1 N–H and O–H groups in total. The minimum atomic E-state index is -1.34. The zero-order chi connectivity index (χ0) is 23.3. The quantitative estimate of drug-likeness (QED) is 0.690. The molecular weight excluding hydrogens is 429 g/mol. The third-order valence-electron chi connectivity index (χ3n) is 7.25. The number of benzene rings is 1. The molecule has 1 saturated carbocycles. The van der Waals surface area contributed by atoms with Gasteiger partial charge in [0.1, 0.15) is 12.2 Å². The minimum absolute atomic E-state index is 0.0391. The van der Waals surface area contributed by atoms with Gasteiger partial charge in [0, 0.05) is 38.5 Å². The predicted octanol–water partition coefficient (Wildman–Crippen LogP) is 1.16. The summed E-state index contributed by atoms with van der Waals surface area (Å²) in [6, 6.07) is 7.61. The van der Waals surface area contributed by atoms with E-state index < -0.39 is 24.3 Å². The first-order valence-electron chi connectivity index (χ1n) is 11.5. The van der Waals surface area contributed by atoms with E-state index in [1.54, 1.807) is 4.90 Å². The van der Waals surface area contributed by atoms with Gasteiger partial charge in [0.15, 0.2) is 0 Å². The van der Waals surface area contributed by atoms with Gasteiger partial charge in [-0.2, -0.15) is 0 Å². The van der Waals surface area contributed by atoms with Crippen LogP contribution in [-0.4, -0.2) is 100 Å². The second-order valence-corrected chi connectivity index (χ2v) is 9.29. The monoisotopic (exact) mass is 457 g/mol. The van der Waals surface area contributed by atoms with Crippen molar-refractivity contribution in [3.05, 3.63) is 35.9 Å². The van der Waals surface area contributed by atoms with Crippen LogP contribution in [0.5, 0.6) is 0 Å². The molecule has 10 heteroatoms. The van der Waals surface area contributed by atoms with E-state index in [0.717, 1.165) is 12.0 Å².